The quantitative estimate of drug-likeness (QED) is 0.345. The number of hydrogen-bond acceptors (Lipinski definition) is 4. The maximum Gasteiger partial charge on any atom is 0.136 e. The van der Waals surface area contributed by atoms with Crippen LogP contribution in [0.1, 0.15) is 57.6 Å². The number of carbonyl (C=O) groups is 1. The van der Waals surface area contributed by atoms with Gasteiger partial charge in [0.25, 0.3) is 0 Å². The van der Waals surface area contributed by atoms with E-state index < -0.39 is 0 Å². The van der Waals surface area contributed by atoms with Gasteiger partial charge in [0.05, 0.1) is 6.04 Å². The van der Waals surface area contributed by atoms with Crippen molar-refractivity contribution in [2.45, 2.75) is 71.4 Å². The standard InChI is InChI=1S/C30H44ClN3O/c1-23(2)14-19-34(30-15-17-33(18-16-30)21-24(3)20-28(32)22-35)29-12-8-26(9-13-29)5-4-25-6-10-27(31)11-7-25/h6-13,22-24,28,30H,4-5,14-21,32H2,1-3H3. The Morgan fingerprint density at radius 3 is 2.11 bits per heavy atom. The van der Waals surface area contributed by atoms with Crippen LogP contribution in [0.15, 0.2) is 48.5 Å². The zero-order valence-electron chi connectivity index (χ0n) is 21.8. The number of likely N-dealkylation sites (tertiary alicyclic amines) is 1. The molecule has 1 fully saturated rings. The van der Waals surface area contributed by atoms with Crippen LogP contribution < -0.4 is 10.6 Å². The van der Waals surface area contributed by atoms with Crippen LogP contribution >= 0.6 is 11.6 Å². The first-order valence-electron chi connectivity index (χ1n) is 13.4. The summed E-state index contributed by atoms with van der Waals surface area (Å²) in [5, 5.41) is 0.794. The summed E-state index contributed by atoms with van der Waals surface area (Å²) < 4.78 is 0. The van der Waals surface area contributed by atoms with Crippen molar-refractivity contribution < 1.29 is 4.79 Å². The van der Waals surface area contributed by atoms with E-state index in [2.05, 4.69) is 67.0 Å². The Kier molecular flexibility index (Phi) is 11.1. The number of piperidine rings is 1. The van der Waals surface area contributed by atoms with Crippen molar-refractivity contribution in [1.82, 2.24) is 4.90 Å². The Bertz CT molecular complexity index is 875. The van der Waals surface area contributed by atoms with Crippen molar-refractivity contribution in [2.24, 2.45) is 17.6 Å². The van der Waals surface area contributed by atoms with Gasteiger partial charge in [0.15, 0.2) is 0 Å². The molecule has 3 rings (SSSR count). The summed E-state index contributed by atoms with van der Waals surface area (Å²) in [6, 6.07) is 17.7. The first kappa shape index (κ1) is 27.7. The third-order valence-electron chi connectivity index (χ3n) is 7.25. The monoisotopic (exact) mass is 497 g/mol. The van der Waals surface area contributed by atoms with Gasteiger partial charge in [-0.05, 0) is 85.8 Å². The molecule has 35 heavy (non-hydrogen) atoms. The van der Waals surface area contributed by atoms with E-state index in [1.807, 2.05) is 12.1 Å². The lowest BCUT2D eigenvalue weighted by Gasteiger charge is -2.41. The predicted molar refractivity (Wildman–Crippen MR) is 149 cm³/mol. The number of nitrogens with zero attached hydrogens (tertiary/aromatic N) is 2. The molecule has 0 amide bonds. The molecule has 1 aliphatic heterocycles. The van der Waals surface area contributed by atoms with Crippen LogP contribution in [0.3, 0.4) is 0 Å². The first-order chi connectivity index (χ1) is 16.8. The number of benzene rings is 2. The van der Waals surface area contributed by atoms with Crippen LogP contribution in [-0.4, -0.2) is 49.4 Å². The molecule has 1 heterocycles. The van der Waals surface area contributed by atoms with E-state index in [0.29, 0.717) is 17.9 Å². The van der Waals surface area contributed by atoms with Gasteiger partial charge in [-0.15, -0.1) is 0 Å². The number of anilines is 1. The number of aldehydes is 1. The average Bonchev–Trinajstić information content (AvgIpc) is 2.85. The second-order valence-corrected chi connectivity index (χ2v) is 11.3. The number of carbonyl (C=O) groups excluding carboxylic acids is 1. The van der Waals surface area contributed by atoms with Gasteiger partial charge in [-0.1, -0.05) is 56.6 Å². The molecule has 1 saturated heterocycles. The van der Waals surface area contributed by atoms with Gasteiger partial charge in [-0.25, -0.2) is 0 Å². The highest BCUT2D eigenvalue weighted by Gasteiger charge is 2.26. The summed E-state index contributed by atoms with van der Waals surface area (Å²) in [6.07, 6.45) is 7.29. The lowest BCUT2D eigenvalue weighted by Crippen LogP contribution is -2.46. The molecule has 2 atom stereocenters. The van der Waals surface area contributed by atoms with Crippen LogP contribution in [0.25, 0.3) is 0 Å². The van der Waals surface area contributed by atoms with Crippen molar-refractivity contribution >= 4 is 23.6 Å². The Hall–Kier alpha value is -1.88. The van der Waals surface area contributed by atoms with Gasteiger partial charge in [0.1, 0.15) is 6.29 Å². The van der Waals surface area contributed by atoms with Crippen LogP contribution in [-0.2, 0) is 17.6 Å². The molecule has 5 heteroatoms. The predicted octanol–water partition coefficient (Wildman–Crippen LogP) is 5.99. The molecular formula is C30H44ClN3O. The molecule has 2 aromatic carbocycles. The van der Waals surface area contributed by atoms with Crippen LogP contribution in [0.4, 0.5) is 5.69 Å². The number of aryl methyl sites for hydroxylation is 2. The molecule has 2 unspecified atom stereocenters. The van der Waals surface area contributed by atoms with E-state index in [4.69, 9.17) is 17.3 Å². The molecule has 0 saturated carbocycles. The number of halogens is 1. The second kappa shape index (κ2) is 14.0. The van der Waals surface area contributed by atoms with Gasteiger partial charge in [-0.2, -0.15) is 0 Å². The van der Waals surface area contributed by atoms with Crippen molar-refractivity contribution in [3.63, 3.8) is 0 Å². The van der Waals surface area contributed by atoms with Gasteiger partial charge in [0, 0.05) is 42.9 Å². The molecule has 2 aromatic rings. The summed E-state index contributed by atoms with van der Waals surface area (Å²) in [5.74, 6) is 1.14. The van der Waals surface area contributed by atoms with Crippen molar-refractivity contribution in [1.29, 1.82) is 0 Å². The molecular weight excluding hydrogens is 454 g/mol. The highest BCUT2D eigenvalue weighted by atomic mass is 35.5. The summed E-state index contributed by atoms with van der Waals surface area (Å²) in [7, 11) is 0. The number of nitrogens with two attached hydrogens (primary N) is 1. The minimum absolute atomic E-state index is 0.330. The SMILES string of the molecule is CC(C)CCN(c1ccc(CCc2ccc(Cl)cc2)cc1)C1CCN(CC(C)CC(N)C=O)CC1. The molecule has 192 valence electrons. The Balaban J connectivity index is 1.57. The maximum atomic E-state index is 10.9. The second-order valence-electron chi connectivity index (χ2n) is 10.8. The largest absolute Gasteiger partial charge is 0.368 e. The van der Waals surface area contributed by atoms with Crippen molar-refractivity contribution in [3.05, 3.63) is 64.7 Å². The molecule has 0 bridgehead atoms. The van der Waals surface area contributed by atoms with E-state index in [0.717, 1.165) is 56.8 Å². The zero-order valence-corrected chi connectivity index (χ0v) is 22.6. The maximum absolute atomic E-state index is 10.9. The van der Waals surface area contributed by atoms with E-state index >= 15 is 0 Å². The minimum atomic E-state index is -0.330. The van der Waals surface area contributed by atoms with E-state index in [1.54, 1.807) is 0 Å². The van der Waals surface area contributed by atoms with Crippen LogP contribution in [0, 0.1) is 11.8 Å². The number of hydrogen-bond donors (Lipinski definition) is 1. The first-order valence-corrected chi connectivity index (χ1v) is 13.7. The molecule has 4 nitrogen and oxygen atoms in total. The molecule has 2 N–H and O–H groups in total. The fourth-order valence-electron chi connectivity index (χ4n) is 5.16. The van der Waals surface area contributed by atoms with Crippen molar-refractivity contribution in [2.75, 3.05) is 31.1 Å². The van der Waals surface area contributed by atoms with E-state index in [1.165, 1.54) is 36.1 Å². The lowest BCUT2D eigenvalue weighted by atomic mass is 9.97. The Morgan fingerprint density at radius 1 is 1.00 bits per heavy atom. The Morgan fingerprint density at radius 2 is 1.57 bits per heavy atom. The molecule has 1 aliphatic rings. The summed E-state index contributed by atoms with van der Waals surface area (Å²) in [6.45, 7) is 11.2. The highest BCUT2D eigenvalue weighted by Crippen LogP contribution is 2.26. The normalized spacial score (nSPS) is 16.9. The van der Waals surface area contributed by atoms with Crippen LogP contribution in [0.2, 0.25) is 5.02 Å². The van der Waals surface area contributed by atoms with Gasteiger partial charge in [0.2, 0.25) is 0 Å². The zero-order chi connectivity index (χ0) is 25.2. The average molecular weight is 498 g/mol. The minimum Gasteiger partial charge on any atom is -0.368 e. The number of rotatable bonds is 13. The van der Waals surface area contributed by atoms with E-state index in [-0.39, 0.29) is 6.04 Å². The third-order valence-corrected chi connectivity index (χ3v) is 7.50. The van der Waals surface area contributed by atoms with E-state index in [9.17, 15) is 4.79 Å². The fourth-order valence-corrected chi connectivity index (χ4v) is 5.29. The lowest BCUT2D eigenvalue weighted by molar-refractivity contribution is -0.109. The summed E-state index contributed by atoms with van der Waals surface area (Å²) >= 11 is 6.02. The molecule has 0 spiro atoms. The summed E-state index contributed by atoms with van der Waals surface area (Å²) in [5.41, 5.74) is 9.89. The fraction of sp³-hybridized carbons (Fsp3) is 0.567. The molecule has 0 radical (unpaired) electrons. The molecule has 0 aromatic heterocycles. The molecule has 0 aliphatic carbocycles. The smallest absolute Gasteiger partial charge is 0.136 e. The van der Waals surface area contributed by atoms with Gasteiger partial charge >= 0.3 is 0 Å². The topological polar surface area (TPSA) is 49.6 Å². The third kappa shape index (κ3) is 9.25. The van der Waals surface area contributed by atoms with Crippen LogP contribution in [0.5, 0.6) is 0 Å². The Labute approximate surface area is 217 Å². The van der Waals surface area contributed by atoms with Crippen molar-refractivity contribution in [3.8, 4) is 0 Å². The van der Waals surface area contributed by atoms with Gasteiger partial charge < -0.3 is 20.3 Å². The van der Waals surface area contributed by atoms with Gasteiger partial charge in [-0.3, -0.25) is 0 Å². The highest BCUT2D eigenvalue weighted by molar-refractivity contribution is 6.30. The summed E-state index contributed by atoms with van der Waals surface area (Å²) in [4.78, 5) is 16.1.